The molecule has 0 aliphatic carbocycles. The zero-order valence-corrected chi connectivity index (χ0v) is 10.6. The lowest BCUT2D eigenvalue weighted by Crippen LogP contribution is -1.88. The van der Waals surface area contributed by atoms with Gasteiger partial charge in [0.05, 0.1) is 17.2 Å². The Labute approximate surface area is 109 Å². The Kier molecular flexibility index (Phi) is 3.46. The van der Waals surface area contributed by atoms with E-state index in [-0.39, 0.29) is 10.8 Å². The van der Waals surface area contributed by atoms with Crippen molar-refractivity contribution in [3.63, 3.8) is 0 Å². The second-order valence-corrected chi connectivity index (χ2v) is 4.30. The Morgan fingerprint density at radius 2 is 1.71 bits per heavy atom. The lowest BCUT2D eigenvalue weighted by Gasteiger charge is -2.10. The molecule has 1 N–H and O–H groups in total. The van der Waals surface area contributed by atoms with Crippen molar-refractivity contribution in [1.82, 2.24) is 0 Å². The molecule has 0 heterocycles. The molecule has 88 valence electrons. The summed E-state index contributed by atoms with van der Waals surface area (Å²) >= 11 is 12.0. The van der Waals surface area contributed by atoms with Crippen LogP contribution in [0.2, 0.25) is 10.0 Å². The third-order valence-corrected chi connectivity index (χ3v) is 3.05. The van der Waals surface area contributed by atoms with E-state index in [0.29, 0.717) is 10.8 Å². The normalized spacial score (nSPS) is 10.3. The van der Waals surface area contributed by atoms with E-state index < -0.39 is 0 Å². The number of halogens is 2. The molecule has 0 fully saturated rings. The Bertz CT molecular complexity index is 553. The highest BCUT2D eigenvalue weighted by atomic mass is 35.5. The molecule has 0 spiro atoms. The second kappa shape index (κ2) is 4.86. The molecule has 0 unspecified atom stereocenters. The molecule has 0 saturated carbocycles. The van der Waals surface area contributed by atoms with Crippen LogP contribution in [0.4, 0.5) is 0 Å². The first-order valence-corrected chi connectivity index (χ1v) is 5.70. The van der Waals surface area contributed by atoms with Crippen molar-refractivity contribution in [2.24, 2.45) is 0 Å². The zero-order valence-electron chi connectivity index (χ0n) is 9.08. The molecule has 0 radical (unpaired) electrons. The molecule has 2 aromatic rings. The maximum Gasteiger partial charge on any atom is 0.135 e. The van der Waals surface area contributed by atoms with Gasteiger partial charge in [-0.05, 0) is 12.1 Å². The maximum absolute atomic E-state index is 9.45. The Morgan fingerprint density at radius 3 is 2.41 bits per heavy atom. The summed E-state index contributed by atoms with van der Waals surface area (Å²) in [5.41, 5.74) is 1.56. The number of hydrogen-bond acceptors (Lipinski definition) is 2. The lowest BCUT2D eigenvalue weighted by molar-refractivity contribution is 0.416. The van der Waals surface area contributed by atoms with Crippen LogP contribution >= 0.6 is 23.2 Å². The van der Waals surface area contributed by atoms with E-state index in [9.17, 15) is 5.11 Å². The molecule has 0 aliphatic rings. The standard InChI is InChI=1S/C13H10Cl2O2/c1-17-13-5-3-2-4-8(13)9-6-11(15)12(16)7-10(9)14/h2-7,16H,1H3. The van der Waals surface area contributed by atoms with Gasteiger partial charge in [0.15, 0.2) is 0 Å². The number of aromatic hydroxyl groups is 1. The van der Waals surface area contributed by atoms with Crippen molar-refractivity contribution in [2.75, 3.05) is 7.11 Å². The van der Waals surface area contributed by atoms with Crippen LogP contribution in [0.5, 0.6) is 11.5 Å². The van der Waals surface area contributed by atoms with E-state index in [2.05, 4.69) is 0 Å². The highest BCUT2D eigenvalue weighted by Crippen LogP contribution is 2.39. The molecule has 0 bridgehead atoms. The fraction of sp³-hybridized carbons (Fsp3) is 0.0769. The van der Waals surface area contributed by atoms with Crippen molar-refractivity contribution >= 4 is 23.2 Å². The van der Waals surface area contributed by atoms with Crippen molar-refractivity contribution in [1.29, 1.82) is 0 Å². The fourth-order valence-corrected chi connectivity index (χ4v) is 2.03. The zero-order chi connectivity index (χ0) is 12.4. The number of hydrogen-bond donors (Lipinski definition) is 1. The number of rotatable bonds is 2. The topological polar surface area (TPSA) is 29.5 Å². The molecule has 0 aliphatic heterocycles. The summed E-state index contributed by atoms with van der Waals surface area (Å²) in [5, 5.41) is 10.1. The van der Waals surface area contributed by atoms with Gasteiger partial charge >= 0.3 is 0 Å². The minimum absolute atomic E-state index is 0.0321. The van der Waals surface area contributed by atoms with Crippen molar-refractivity contribution in [3.05, 3.63) is 46.4 Å². The maximum atomic E-state index is 9.45. The van der Waals surface area contributed by atoms with Crippen LogP contribution in [-0.4, -0.2) is 12.2 Å². The first-order valence-electron chi connectivity index (χ1n) is 4.95. The predicted octanol–water partition coefficient (Wildman–Crippen LogP) is 4.37. The van der Waals surface area contributed by atoms with Gasteiger partial charge in [-0.25, -0.2) is 0 Å². The number of ether oxygens (including phenoxy) is 1. The lowest BCUT2D eigenvalue weighted by atomic mass is 10.0. The molecule has 2 aromatic carbocycles. The van der Waals surface area contributed by atoms with Gasteiger partial charge in [-0.3, -0.25) is 0 Å². The van der Waals surface area contributed by atoms with E-state index in [1.807, 2.05) is 24.3 Å². The largest absolute Gasteiger partial charge is 0.506 e. The molecular weight excluding hydrogens is 259 g/mol. The minimum atomic E-state index is -0.0321. The number of phenols is 1. The minimum Gasteiger partial charge on any atom is -0.506 e. The monoisotopic (exact) mass is 268 g/mol. The summed E-state index contributed by atoms with van der Waals surface area (Å²) in [4.78, 5) is 0. The van der Waals surface area contributed by atoms with Gasteiger partial charge in [0.25, 0.3) is 0 Å². The van der Waals surface area contributed by atoms with Crippen LogP contribution < -0.4 is 4.74 Å². The highest BCUT2D eigenvalue weighted by Gasteiger charge is 2.11. The molecule has 0 aromatic heterocycles. The molecule has 0 atom stereocenters. The van der Waals surface area contributed by atoms with E-state index in [0.717, 1.165) is 11.1 Å². The summed E-state index contributed by atoms with van der Waals surface area (Å²) in [6.07, 6.45) is 0. The van der Waals surface area contributed by atoms with Gasteiger partial charge in [0.2, 0.25) is 0 Å². The van der Waals surface area contributed by atoms with Crippen LogP contribution in [0, 0.1) is 0 Å². The van der Waals surface area contributed by atoms with Gasteiger partial charge in [0.1, 0.15) is 11.5 Å². The molecule has 0 saturated heterocycles. The second-order valence-electron chi connectivity index (χ2n) is 3.48. The van der Waals surface area contributed by atoms with E-state index in [1.165, 1.54) is 6.07 Å². The molecule has 2 nitrogen and oxygen atoms in total. The first kappa shape index (κ1) is 12.1. The highest BCUT2D eigenvalue weighted by molar-refractivity contribution is 6.36. The van der Waals surface area contributed by atoms with Gasteiger partial charge in [-0.15, -0.1) is 0 Å². The third kappa shape index (κ3) is 2.33. The van der Waals surface area contributed by atoms with Gasteiger partial charge in [0, 0.05) is 17.2 Å². The first-order chi connectivity index (χ1) is 8.13. The predicted molar refractivity (Wildman–Crippen MR) is 70.1 cm³/mol. The van der Waals surface area contributed by atoms with E-state index in [1.54, 1.807) is 13.2 Å². The van der Waals surface area contributed by atoms with Crippen LogP contribution in [-0.2, 0) is 0 Å². The molecular formula is C13H10Cl2O2. The molecule has 2 rings (SSSR count). The average molecular weight is 269 g/mol. The van der Waals surface area contributed by atoms with Gasteiger partial charge in [-0.2, -0.15) is 0 Å². The van der Waals surface area contributed by atoms with E-state index >= 15 is 0 Å². The molecule has 17 heavy (non-hydrogen) atoms. The number of para-hydroxylation sites is 1. The summed E-state index contributed by atoms with van der Waals surface area (Å²) < 4.78 is 5.26. The van der Waals surface area contributed by atoms with Crippen LogP contribution in [0.15, 0.2) is 36.4 Å². The number of phenolic OH excluding ortho intramolecular Hbond substituents is 1. The number of benzene rings is 2. The average Bonchev–Trinajstić information content (AvgIpc) is 2.34. The van der Waals surface area contributed by atoms with E-state index in [4.69, 9.17) is 27.9 Å². The van der Waals surface area contributed by atoms with Crippen LogP contribution in [0.25, 0.3) is 11.1 Å². The Hall–Kier alpha value is -1.38. The number of methoxy groups -OCH3 is 1. The summed E-state index contributed by atoms with van der Waals surface area (Å²) in [7, 11) is 1.59. The van der Waals surface area contributed by atoms with Gasteiger partial charge in [-0.1, -0.05) is 41.4 Å². The Morgan fingerprint density at radius 1 is 1.00 bits per heavy atom. The smallest absolute Gasteiger partial charge is 0.135 e. The summed E-state index contributed by atoms with van der Waals surface area (Å²) in [5.74, 6) is 0.673. The summed E-state index contributed by atoms with van der Waals surface area (Å²) in [6, 6.07) is 10.5. The fourth-order valence-electron chi connectivity index (χ4n) is 1.61. The van der Waals surface area contributed by atoms with Crippen LogP contribution in [0.1, 0.15) is 0 Å². The van der Waals surface area contributed by atoms with Crippen molar-refractivity contribution < 1.29 is 9.84 Å². The third-order valence-electron chi connectivity index (χ3n) is 2.43. The molecule has 0 amide bonds. The quantitative estimate of drug-likeness (QED) is 0.876. The Balaban J connectivity index is 2.64. The van der Waals surface area contributed by atoms with Crippen molar-refractivity contribution in [2.45, 2.75) is 0 Å². The van der Waals surface area contributed by atoms with Gasteiger partial charge < -0.3 is 9.84 Å². The molecule has 4 heteroatoms. The SMILES string of the molecule is COc1ccccc1-c1cc(Cl)c(O)cc1Cl. The summed E-state index contributed by atoms with van der Waals surface area (Å²) in [6.45, 7) is 0. The van der Waals surface area contributed by atoms with Crippen molar-refractivity contribution in [3.8, 4) is 22.6 Å². The van der Waals surface area contributed by atoms with Crippen LogP contribution in [0.3, 0.4) is 0 Å².